The van der Waals surface area contributed by atoms with E-state index in [1.165, 1.54) is 70.6 Å². The molecule has 0 bridgehead atoms. The maximum absolute atomic E-state index is 12.6. The van der Waals surface area contributed by atoms with Gasteiger partial charge in [0.15, 0.2) is 0 Å². The number of unbranched alkanes of at least 4 members (excludes halogenated alkanes) is 15. The predicted octanol–water partition coefficient (Wildman–Crippen LogP) is 7.29. The Balaban J connectivity index is 4.66. The molecule has 3 N–H and O–H groups in total. The fraction of sp³-hybridized carbons (Fsp3) is 0.903. The lowest BCUT2D eigenvalue weighted by atomic mass is 10.1. The van der Waals surface area contributed by atoms with Crippen LogP contribution >= 0.6 is 7.82 Å². The van der Waals surface area contributed by atoms with Crippen molar-refractivity contribution >= 4 is 13.7 Å². The molecule has 1 amide bonds. The maximum Gasteiger partial charge on any atom is 0.472 e. The van der Waals surface area contributed by atoms with Crippen LogP contribution in [0.2, 0.25) is 0 Å². The van der Waals surface area contributed by atoms with E-state index in [4.69, 9.17) is 9.05 Å². The molecule has 0 fully saturated rings. The molecule has 0 aromatic rings. The number of nitrogens with zero attached hydrogens (tertiary/aromatic N) is 1. The number of nitrogens with one attached hydrogen (secondary N) is 1. The first-order valence-corrected chi connectivity index (χ1v) is 17.6. The molecule has 1 unspecified atom stereocenters. The van der Waals surface area contributed by atoms with Crippen LogP contribution in [0.4, 0.5) is 0 Å². The van der Waals surface area contributed by atoms with Crippen LogP contribution in [0, 0.1) is 0 Å². The number of hydrogen-bond acceptors (Lipinski definition) is 5. The van der Waals surface area contributed by atoms with Crippen LogP contribution < -0.4 is 5.32 Å². The number of allylic oxidation sites excluding steroid dienone is 1. The van der Waals surface area contributed by atoms with Crippen LogP contribution in [0.5, 0.6) is 0 Å². The molecule has 0 aliphatic carbocycles. The Morgan fingerprint density at radius 3 is 1.85 bits per heavy atom. The van der Waals surface area contributed by atoms with Crippen LogP contribution in [-0.4, -0.2) is 73.4 Å². The second-order valence-corrected chi connectivity index (χ2v) is 13.6. The molecule has 0 spiro atoms. The molecule has 9 heteroatoms. The molecule has 0 rings (SSSR count). The van der Waals surface area contributed by atoms with E-state index in [1.807, 2.05) is 27.2 Å². The Bertz CT molecular complexity index is 683. The Morgan fingerprint density at radius 1 is 0.825 bits per heavy atom. The van der Waals surface area contributed by atoms with E-state index in [2.05, 4.69) is 19.2 Å². The third-order valence-electron chi connectivity index (χ3n) is 7.01. The van der Waals surface area contributed by atoms with Crippen LogP contribution in [0.15, 0.2) is 12.2 Å². The molecule has 0 saturated carbocycles. The number of quaternary nitrogens is 1. The van der Waals surface area contributed by atoms with Gasteiger partial charge >= 0.3 is 7.82 Å². The number of carbonyl (C=O) groups excluding carboxylic acids is 1. The lowest BCUT2D eigenvalue weighted by molar-refractivity contribution is -0.870. The van der Waals surface area contributed by atoms with Gasteiger partial charge in [0, 0.05) is 6.42 Å². The number of aliphatic hydroxyl groups excluding tert-OH is 1. The maximum atomic E-state index is 12.6. The van der Waals surface area contributed by atoms with Crippen LogP contribution in [0.1, 0.15) is 129 Å². The van der Waals surface area contributed by atoms with E-state index >= 15 is 0 Å². The van der Waals surface area contributed by atoms with Crippen LogP contribution in [0.3, 0.4) is 0 Å². The molecule has 0 aliphatic rings. The quantitative estimate of drug-likeness (QED) is 0.0382. The second-order valence-electron chi connectivity index (χ2n) is 12.2. The third kappa shape index (κ3) is 26.2. The fourth-order valence-corrected chi connectivity index (χ4v) is 5.07. The van der Waals surface area contributed by atoms with Crippen LogP contribution in [-0.2, 0) is 18.4 Å². The summed E-state index contributed by atoms with van der Waals surface area (Å²) in [5, 5.41) is 13.6. The number of hydrogen-bond donors (Lipinski definition) is 3. The Labute approximate surface area is 246 Å². The van der Waals surface area contributed by atoms with Crippen molar-refractivity contribution in [1.29, 1.82) is 0 Å². The van der Waals surface area contributed by atoms with Gasteiger partial charge < -0.3 is 19.8 Å². The largest absolute Gasteiger partial charge is 0.472 e. The van der Waals surface area contributed by atoms with Crippen molar-refractivity contribution < 1.29 is 32.9 Å². The zero-order valence-electron chi connectivity index (χ0n) is 26.6. The summed E-state index contributed by atoms with van der Waals surface area (Å²) in [6.07, 6.45) is 22.8. The Morgan fingerprint density at radius 2 is 1.32 bits per heavy atom. The molecule has 0 aromatic carbocycles. The van der Waals surface area contributed by atoms with Crippen molar-refractivity contribution in [3.05, 3.63) is 12.2 Å². The lowest BCUT2D eigenvalue weighted by Gasteiger charge is -2.25. The number of rotatable bonds is 28. The minimum absolute atomic E-state index is 0.0632. The van der Waals surface area contributed by atoms with Crippen LogP contribution in [0.25, 0.3) is 0 Å². The summed E-state index contributed by atoms with van der Waals surface area (Å²) in [6.45, 7) is 4.71. The smallest absolute Gasteiger partial charge is 0.387 e. The molecule has 8 nitrogen and oxygen atoms in total. The zero-order chi connectivity index (χ0) is 30.1. The van der Waals surface area contributed by atoms with Crippen molar-refractivity contribution in [3.63, 3.8) is 0 Å². The molecule has 3 atom stereocenters. The van der Waals surface area contributed by atoms with Crippen molar-refractivity contribution in [2.24, 2.45) is 0 Å². The molecule has 0 saturated heterocycles. The zero-order valence-corrected chi connectivity index (χ0v) is 27.5. The predicted molar refractivity (Wildman–Crippen MR) is 166 cm³/mol. The van der Waals surface area contributed by atoms with E-state index < -0.39 is 20.0 Å². The highest BCUT2D eigenvalue weighted by Gasteiger charge is 2.27. The highest BCUT2D eigenvalue weighted by atomic mass is 31.2. The Kier molecular flexibility index (Phi) is 24.3. The average molecular weight is 592 g/mol. The van der Waals surface area contributed by atoms with Gasteiger partial charge in [0.1, 0.15) is 13.2 Å². The van der Waals surface area contributed by atoms with Gasteiger partial charge in [0.05, 0.1) is 39.9 Å². The number of likely N-dealkylation sites (N-methyl/N-ethyl adjacent to an activating group) is 1. The molecule has 0 aromatic heterocycles. The standard InChI is InChI=1S/C31H63N2O6P/c1-6-8-10-12-14-15-16-17-19-20-22-24-30(34)29(28-39-40(36,37)38-27-26-33(3,4)5)32-31(35)25-23-21-18-13-11-9-7-2/h22,24,29-30,34H,6-21,23,25-28H2,1-5H3,(H-,32,35,36,37)/p+1/b24-22+/t29-,30+/m0/s1. The summed E-state index contributed by atoms with van der Waals surface area (Å²) in [4.78, 5) is 22.7. The lowest BCUT2D eigenvalue weighted by Crippen LogP contribution is -2.45. The SMILES string of the molecule is CCCCCCCCCCC/C=C/[C@@H](O)[C@H](COP(=O)(O)OCC[N+](C)(C)C)NC(=O)CCCCCCCCC. The van der Waals surface area contributed by atoms with Gasteiger partial charge in [-0.2, -0.15) is 0 Å². The first-order chi connectivity index (χ1) is 19.0. The van der Waals surface area contributed by atoms with Crippen molar-refractivity contribution in [2.75, 3.05) is 40.9 Å². The summed E-state index contributed by atoms with van der Waals surface area (Å²) in [5.74, 6) is -0.188. The number of phosphoric ester groups is 1. The van der Waals surface area contributed by atoms with Gasteiger partial charge in [-0.3, -0.25) is 13.8 Å². The number of phosphoric acid groups is 1. The van der Waals surface area contributed by atoms with E-state index in [1.54, 1.807) is 6.08 Å². The van der Waals surface area contributed by atoms with E-state index in [9.17, 15) is 19.4 Å². The van der Waals surface area contributed by atoms with Gasteiger partial charge in [0.2, 0.25) is 5.91 Å². The summed E-state index contributed by atoms with van der Waals surface area (Å²) >= 11 is 0. The molecular weight excluding hydrogens is 527 g/mol. The molecule has 238 valence electrons. The minimum Gasteiger partial charge on any atom is -0.387 e. The van der Waals surface area contributed by atoms with E-state index in [0.717, 1.165) is 38.5 Å². The highest BCUT2D eigenvalue weighted by molar-refractivity contribution is 7.47. The summed E-state index contributed by atoms with van der Waals surface area (Å²) < 4.78 is 23.2. The monoisotopic (exact) mass is 591 g/mol. The van der Waals surface area contributed by atoms with E-state index in [-0.39, 0.29) is 19.1 Å². The second kappa shape index (κ2) is 24.8. The summed E-state index contributed by atoms with van der Waals surface area (Å²) in [6, 6.07) is -0.834. The van der Waals surface area contributed by atoms with Gasteiger partial charge in [0.25, 0.3) is 0 Å². The molecule has 40 heavy (non-hydrogen) atoms. The van der Waals surface area contributed by atoms with E-state index in [0.29, 0.717) is 17.4 Å². The highest BCUT2D eigenvalue weighted by Crippen LogP contribution is 2.43. The molecular formula is C31H64N2O6P+. The van der Waals surface area contributed by atoms with Crippen molar-refractivity contribution in [1.82, 2.24) is 5.32 Å². The summed E-state index contributed by atoms with van der Waals surface area (Å²) in [7, 11) is 1.57. The number of carbonyl (C=O) groups is 1. The Hall–Kier alpha value is -0.760. The topological polar surface area (TPSA) is 105 Å². The van der Waals surface area contributed by atoms with Crippen molar-refractivity contribution in [3.8, 4) is 0 Å². The van der Waals surface area contributed by atoms with Crippen molar-refractivity contribution in [2.45, 2.75) is 142 Å². The average Bonchev–Trinajstić information content (AvgIpc) is 2.88. The third-order valence-corrected chi connectivity index (χ3v) is 7.99. The fourth-order valence-electron chi connectivity index (χ4n) is 4.33. The van der Waals surface area contributed by atoms with Gasteiger partial charge in [-0.25, -0.2) is 4.57 Å². The summed E-state index contributed by atoms with van der Waals surface area (Å²) in [5.41, 5.74) is 0. The first kappa shape index (κ1) is 39.2. The normalized spacial score (nSPS) is 15.3. The number of aliphatic hydroxyl groups is 1. The van der Waals surface area contributed by atoms with Gasteiger partial charge in [-0.15, -0.1) is 0 Å². The first-order valence-electron chi connectivity index (χ1n) is 16.1. The van der Waals surface area contributed by atoms with Gasteiger partial charge in [-0.1, -0.05) is 116 Å². The number of amides is 1. The molecule has 0 radical (unpaired) electrons. The minimum atomic E-state index is -4.31. The molecule has 0 aliphatic heterocycles. The van der Waals surface area contributed by atoms with Gasteiger partial charge in [-0.05, 0) is 19.3 Å². The molecule has 0 heterocycles.